The van der Waals surface area contributed by atoms with E-state index < -0.39 is 0 Å². The van der Waals surface area contributed by atoms with E-state index in [0.717, 1.165) is 5.56 Å². The lowest BCUT2D eigenvalue weighted by Gasteiger charge is -2.09. The van der Waals surface area contributed by atoms with E-state index in [4.69, 9.17) is 14.6 Å². The Kier molecular flexibility index (Phi) is 9.19. The minimum absolute atomic E-state index is 0.0643. The van der Waals surface area contributed by atoms with Gasteiger partial charge in [0.2, 0.25) is 0 Å². The molecule has 0 bridgehead atoms. The Morgan fingerprint density at radius 2 is 2.10 bits per heavy atom. The third-order valence-corrected chi connectivity index (χ3v) is 2.65. The Bertz CT molecular complexity index is 412. The summed E-state index contributed by atoms with van der Waals surface area (Å²) in [5, 5.41) is 14.0. The van der Waals surface area contributed by atoms with Crippen LogP contribution in [0.5, 0.6) is 0 Å². The molecule has 0 aliphatic carbocycles. The average Bonchev–Trinajstić information content (AvgIpc) is 2.48. The summed E-state index contributed by atoms with van der Waals surface area (Å²) in [4.78, 5) is 11.6. The molecule has 2 amide bonds. The first kappa shape index (κ1) is 17.4. The van der Waals surface area contributed by atoms with Crippen LogP contribution in [0.3, 0.4) is 0 Å². The second kappa shape index (κ2) is 11.1. The molecular weight excluding hydrogens is 272 g/mol. The molecular formula is C15H24N2O4. The van der Waals surface area contributed by atoms with Crippen LogP contribution >= 0.6 is 0 Å². The average molecular weight is 296 g/mol. The van der Waals surface area contributed by atoms with Crippen LogP contribution in [0, 0.1) is 0 Å². The van der Waals surface area contributed by atoms with Crippen LogP contribution in [-0.2, 0) is 16.1 Å². The van der Waals surface area contributed by atoms with Gasteiger partial charge in [0.25, 0.3) is 0 Å². The van der Waals surface area contributed by atoms with E-state index in [1.807, 2.05) is 31.2 Å². The number of urea groups is 1. The number of rotatable bonds is 10. The van der Waals surface area contributed by atoms with Gasteiger partial charge in [-0.25, -0.2) is 4.79 Å². The van der Waals surface area contributed by atoms with Crippen LogP contribution in [-0.4, -0.2) is 44.1 Å². The molecule has 0 aliphatic heterocycles. The number of amides is 2. The summed E-state index contributed by atoms with van der Waals surface area (Å²) in [6.07, 6.45) is 0.543. The predicted octanol–water partition coefficient (Wildman–Crippen LogP) is 1.74. The topological polar surface area (TPSA) is 79.8 Å². The van der Waals surface area contributed by atoms with E-state index in [9.17, 15) is 4.79 Å². The molecule has 6 heteroatoms. The Balaban J connectivity index is 2.32. The van der Waals surface area contributed by atoms with Crippen molar-refractivity contribution >= 4 is 11.7 Å². The number of ether oxygens (including phenoxy) is 2. The maximum Gasteiger partial charge on any atom is 0.319 e. The highest BCUT2D eigenvalue weighted by molar-refractivity contribution is 5.89. The summed E-state index contributed by atoms with van der Waals surface area (Å²) in [6, 6.07) is 7.21. The highest BCUT2D eigenvalue weighted by Crippen LogP contribution is 2.11. The van der Waals surface area contributed by atoms with Gasteiger partial charge in [0, 0.05) is 25.4 Å². The molecule has 21 heavy (non-hydrogen) atoms. The molecule has 0 aliphatic rings. The normalized spacial score (nSPS) is 10.4. The molecule has 1 aromatic rings. The minimum atomic E-state index is -0.280. The van der Waals surface area contributed by atoms with Gasteiger partial charge < -0.3 is 25.2 Å². The summed E-state index contributed by atoms with van der Waals surface area (Å²) in [5.41, 5.74) is 1.70. The van der Waals surface area contributed by atoms with Crippen molar-refractivity contribution in [1.82, 2.24) is 5.32 Å². The maximum absolute atomic E-state index is 11.6. The molecule has 0 unspecified atom stereocenters. The first-order valence-electron chi connectivity index (χ1n) is 7.16. The number of aliphatic hydroxyl groups excluding tert-OH is 1. The van der Waals surface area contributed by atoms with Gasteiger partial charge in [-0.15, -0.1) is 0 Å². The summed E-state index contributed by atoms with van der Waals surface area (Å²) < 4.78 is 10.7. The van der Waals surface area contributed by atoms with Gasteiger partial charge in [-0.05, 0) is 31.0 Å². The van der Waals surface area contributed by atoms with Crippen LogP contribution in [0.15, 0.2) is 24.3 Å². The van der Waals surface area contributed by atoms with E-state index in [-0.39, 0.29) is 12.6 Å². The standard InChI is InChI=1S/C15H24N2O4/c1-2-20-9-10-21-12-13-5-3-6-14(11-13)17-15(19)16-7-4-8-18/h3,5-6,11,18H,2,4,7-10,12H2,1H3,(H2,16,17,19). The predicted molar refractivity (Wildman–Crippen MR) is 81.3 cm³/mol. The Labute approximate surface area is 125 Å². The SMILES string of the molecule is CCOCCOCc1cccc(NC(=O)NCCCO)c1. The van der Waals surface area contributed by atoms with Crippen molar-refractivity contribution in [3.8, 4) is 0 Å². The molecule has 3 N–H and O–H groups in total. The quantitative estimate of drug-likeness (QED) is 0.575. The van der Waals surface area contributed by atoms with Crippen molar-refractivity contribution in [3.05, 3.63) is 29.8 Å². The lowest BCUT2D eigenvalue weighted by atomic mass is 10.2. The zero-order valence-corrected chi connectivity index (χ0v) is 12.4. The molecule has 0 spiro atoms. The fourth-order valence-corrected chi connectivity index (χ4v) is 1.65. The van der Waals surface area contributed by atoms with Crippen molar-refractivity contribution in [2.45, 2.75) is 20.0 Å². The molecule has 0 fully saturated rings. The van der Waals surface area contributed by atoms with Gasteiger partial charge >= 0.3 is 6.03 Å². The van der Waals surface area contributed by atoms with Crippen molar-refractivity contribution in [2.75, 3.05) is 38.3 Å². The van der Waals surface area contributed by atoms with Gasteiger partial charge in [-0.2, -0.15) is 0 Å². The summed E-state index contributed by atoms with van der Waals surface area (Å²) in [5.74, 6) is 0. The van der Waals surface area contributed by atoms with Crippen LogP contribution < -0.4 is 10.6 Å². The number of carbonyl (C=O) groups is 1. The van der Waals surface area contributed by atoms with Gasteiger partial charge in [0.1, 0.15) is 0 Å². The highest BCUT2D eigenvalue weighted by Gasteiger charge is 2.02. The zero-order chi connectivity index (χ0) is 15.3. The molecule has 0 atom stereocenters. The van der Waals surface area contributed by atoms with E-state index in [2.05, 4.69) is 10.6 Å². The number of anilines is 1. The van der Waals surface area contributed by atoms with Gasteiger partial charge in [0.15, 0.2) is 0 Å². The smallest absolute Gasteiger partial charge is 0.319 e. The number of nitrogens with one attached hydrogen (secondary N) is 2. The van der Waals surface area contributed by atoms with Crippen LogP contribution in [0.25, 0.3) is 0 Å². The number of aliphatic hydroxyl groups is 1. The zero-order valence-electron chi connectivity index (χ0n) is 12.4. The van der Waals surface area contributed by atoms with E-state index in [1.165, 1.54) is 0 Å². The fraction of sp³-hybridized carbons (Fsp3) is 0.533. The molecule has 0 radical (unpaired) electrons. The maximum atomic E-state index is 11.6. The van der Waals surface area contributed by atoms with Crippen LogP contribution in [0.1, 0.15) is 18.9 Å². The minimum Gasteiger partial charge on any atom is -0.396 e. The van der Waals surface area contributed by atoms with E-state index >= 15 is 0 Å². The highest BCUT2D eigenvalue weighted by atomic mass is 16.5. The third-order valence-electron chi connectivity index (χ3n) is 2.65. The van der Waals surface area contributed by atoms with Crippen molar-refractivity contribution < 1.29 is 19.4 Å². The first-order chi connectivity index (χ1) is 10.3. The van der Waals surface area contributed by atoms with Crippen molar-refractivity contribution in [2.24, 2.45) is 0 Å². The molecule has 0 aromatic heterocycles. The Morgan fingerprint density at radius 3 is 2.86 bits per heavy atom. The molecule has 118 valence electrons. The second-order valence-corrected chi connectivity index (χ2v) is 4.41. The second-order valence-electron chi connectivity index (χ2n) is 4.41. The Hall–Kier alpha value is -1.63. The lowest BCUT2D eigenvalue weighted by molar-refractivity contribution is 0.0453. The summed E-state index contributed by atoms with van der Waals surface area (Å²) in [6.45, 7) is 4.76. The lowest BCUT2D eigenvalue weighted by Crippen LogP contribution is -2.29. The van der Waals surface area contributed by atoms with Crippen LogP contribution in [0.2, 0.25) is 0 Å². The molecule has 1 rings (SSSR count). The van der Waals surface area contributed by atoms with Crippen LogP contribution in [0.4, 0.5) is 10.5 Å². The largest absolute Gasteiger partial charge is 0.396 e. The summed E-state index contributed by atoms with van der Waals surface area (Å²) in [7, 11) is 0. The van der Waals surface area contributed by atoms with Gasteiger partial charge in [-0.1, -0.05) is 12.1 Å². The molecule has 0 heterocycles. The number of hydrogen-bond acceptors (Lipinski definition) is 4. The Morgan fingerprint density at radius 1 is 1.29 bits per heavy atom. The van der Waals surface area contributed by atoms with Crippen molar-refractivity contribution in [1.29, 1.82) is 0 Å². The number of hydrogen-bond donors (Lipinski definition) is 3. The third kappa shape index (κ3) is 8.29. The van der Waals surface area contributed by atoms with Crippen molar-refractivity contribution in [3.63, 3.8) is 0 Å². The summed E-state index contributed by atoms with van der Waals surface area (Å²) >= 11 is 0. The number of carbonyl (C=O) groups excluding carboxylic acids is 1. The molecule has 1 aromatic carbocycles. The monoisotopic (exact) mass is 296 g/mol. The van der Waals surface area contributed by atoms with Gasteiger partial charge in [-0.3, -0.25) is 0 Å². The number of benzene rings is 1. The molecule has 0 saturated heterocycles. The van der Waals surface area contributed by atoms with Gasteiger partial charge in [0.05, 0.1) is 19.8 Å². The van der Waals surface area contributed by atoms with E-state index in [0.29, 0.717) is 45.1 Å². The molecule has 0 saturated carbocycles. The fourth-order valence-electron chi connectivity index (χ4n) is 1.65. The first-order valence-corrected chi connectivity index (χ1v) is 7.16. The van der Waals surface area contributed by atoms with E-state index in [1.54, 1.807) is 0 Å². The molecule has 6 nitrogen and oxygen atoms in total.